The predicted molar refractivity (Wildman–Crippen MR) is 66.4 cm³/mol. The van der Waals surface area contributed by atoms with E-state index in [1.54, 1.807) is 19.2 Å². The van der Waals surface area contributed by atoms with E-state index < -0.39 is 0 Å². The molecule has 3 heteroatoms. The summed E-state index contributed by atoms with van der Waals surface area (Å²) in [7, 11) is 1.76. The molecule has 2 unspecified atom stereocenters. The summed E-state index contributed by atoms with van der Waals surface area (Å²) in [5.41, 5.74) is 1.86. The van der Waals surface area contributed by atoms with Gasteiger partial charge in [0.15, 0.2) is 0 Å². The van der Waals surface area contributed by atoms with Crippen LogP contribution < -0.4 is 5.32 Å². The van der Waals surface area contributed by atoms with Crippen LogP contribution in [-0.2, 0) is 11.3 Å². The summed E-state index contributed by atoms with van der Waals surface area (Å²) in [6.07, 6.45) is 3.62. The molecule has 1 saturated carbocycles. The molecule has 2 nitrogen and oxygen atoms in total. The number of benzene rings is 1. The van der Waals surface area contributed by atoms with Crippen LogP contribution >= 0.6 is 0 Å². The van der Waals surface area contributed by atoms with E-state index >= 15 is 0 Å². The Balaban J connectivity index is 1.88. The molecule has 2 atom stereocenters. The first-order valence-electron chi connectivity index (χ1n) is 6.20. The van der Waals surface area contributed by atoms with Gasteiger partial charge in [-0.3, -0.25) is 0 Å². The van der Waals surface area contributed by atoms with Crippen molar-refractivity contribution in [1.29, 1.82) is 0 Å². The van der Waals surface area contributed by atoms with Gasteiger partial charge in [0, 0.05) is 25.3 Å². The van der Waals surface area contributed by atoms with Crippen LogP contribution in [-0.4, -0.2) is 19.3 Å². The lowest BCUT2D eigenvalue weighted by Gasteiger charge is -2.13. The van der Waals surface area contributed by atoms with E-state index in [-0.39, 0.29) is 5.82 Å². The normalized spacial score (nSPS) is 24.2. The van der Waals surface area contributed by atoms with Crippen molar-refractivity contribution in [3.63, 3.8) is 0 Å². The molecule has 1 N–H and O–H groups in total. The maximum Gasteiger partial charge on any atom is 0.127 e. The molecule has 1 aliphatic carbocycles. The largest absolute Gasteiger partial charge is 0.381 e. The van der Waals surface area contributed by atoms with Crippen molar-refractivity contribution < 1.29 is 9.13 Å². The van der Waals surface area contributed by atoms with Crippen LogP contribution in [0.3, 0.4) is 0 Å². The molecule has 0 radical (unpaired) electrons. The molecule has 1 aromatic carbocycles. The minimum Gasteiger partial charge on any atom is -0.381 e. The molecule has 0 bridgehead atoms. The van der Waals surface area contributed by atoms with Crippen LogP contribution in [0, 0.1) is 12.7 Å². The highest BCUT2D eigenvalue weighted by Gasteiger charge is 2.23. The summed E-state index contributed by atoms with van der Waals surface area (Å²) in [6, 6.07) is 5.71. The van der Waals surface area contributed by atoms with Crippen molar-refractivity contribution in [3.8, 4) is 0 Å². The van der Waals surface area contributed by atoms with Gasteiger partial charge < -0.3 is 10.1 Å². The highest BCUT2D eigenvalue weighted by atomic mass is 19.1. The monoisotopic (exact) mass is 237 g/mol. The maximum absolute atomic E-state index is 13.5. The standard InChI is InChI=1S/C14H20FNO/c1-10-3-6-14(15)11(7-10)9-16-12-4-5-13(8-12)17-2/h3,6-7,12-13,16H,4-5,8-9H2,1-2H3. The molecule has 0 spiro atoms. The van der Waals surface area contributed by atoms with E-state index in [1.165, 1.54) is 0 Å². The van der Waals surface area contributed by atoms with Crippen molar-refractivity contribution in [2.75, 3.05) is 7.11 Å². The first-order chi connectivity index (χ1) is 8.19. The molecule has 0 saturated heterocycles. The molecule has 1 fully saturated rings. The van der Waals surface area contributed by atoms with E-state index in [9.17, 15) is 4.39 Å². The van der Waals surface area contributed by atoms with Gasteiger partial charge in [-0.1, -0.05) is 17.7 Å². The molecule has 0 heterocycles. The number of methoxy groups -OCH3 is 1. The minimum atomic E-state index is -0.121. The molecular formula is C14H20FNO. The Kier molecular flexibility index (Phi) is 4.13. The zero-order chi connectivity index (χ0) is 12.3. The number of hydrogen-bond donors (Lipinski definition) is 1. The fraction of sp³-hybridized carbons (Fsp3) is 0.571. The third-order valence-corrected chi connectivity index (χ3v) is 3.50. The zero-order valence-electron chi connectivity index (χ0n) is 10.5. The Morgan fingerprint density at radius 2 is 2.24 bits per heavy atom. The molecule has 1 aliphatic rings. The summed E-state index contributed by atoms with van der Waals surface area (Å²) in [6.45, 7) is 2.59. The van der Waals surface area contributed by atoms with Crippen LogP contribution in [0.15, 0.2) is 18.2 Å². The summed E-state index contributed by atoms with van der Waals surface area (Å²) in [5.74, 6) is -0.121. The number of nitrogens with one attached hydrogen (secondary N) is 1. The van der Waals surface area contributed by atoms with E-state index in [2.05, 4.69) is 5.32 Å². The molecule has 17 heavy (non-hydrogen) atoms. The van der Waals surface area contributed by atoms with Crippen LogP contribution in [0.2, 0.25) is 0 Å². The third kappa shape index (κ3) is 3.27. The summed E-state index contributed by atoms with van der Waals surface area (Å²) >= 11 is 0. The lowest BCUT2D eigenvalue weighted by atomic mass is 10.1. The molecular weight excluding hydrogens is 217 g/mol. The predicted octanol–water partition coefficient (Wildman–Crippen LogP) is 2.79. The van der Waals surface area contributed by atoms with Gasteiger partial charge in [-0.15, -0.1) is 0 Å². The highest BCUT2D eigenvalue weighted by Crippen LogP contribution is 2.22. The molecule has 1 aromatic rings. The van der Waals surface area contributed by atoms with Crippen LogP contribution in [0.25, 0.3) is 0 Å². The van der Waals surface area contributed by atoms with Crippen molar-refractivity contribution >= 4 is 0 Å². The maximum atomic E-state index is 13.5. The second kappa shape index (κ2) is 5.61. The smallest absolute Gasteiger partial charge is 0.127 e. The lowest BCUT2D eigenvalue weighted by molar-refractivity contribution is 0.107. The van der Waals surface area contributed by atoms with Crippen LogP contribution in [0.4, 0.5) is 4.39 Å². The Morgan fingerprint density at radius 1 is 1.41 bits per heavy atom. The van der Waals surface area contributed by atoms with Gasteiger partial charge >= 0.3 is 0 Å². The average molecular weight is 237 g/mol. The van der Waals surface area contributed by atoms with E-state index in [1.807, 2.05) is 13.0 Å². The van der Waals surface area contributed by atoms with E-state index in [0.29, 0.717) is 18.7 Å². The first kappa shape index (κ1) is 12.5. The molecule has 94 valence electrons. The van der Waals surface area contributed by atoms with Crippen molar-refractivity contribution in [3.05, 3.63) is 35.1 Å². The summed E-state index contributed by atoms with van der Waals surface area (Å²) in [5, 5.41) is 3.41. The quantitative estimate of drug-likeness (QED) is 0.869. The molecule has 0 aromatic heterocycles. The van der Waals surface area contributed by atoms with Gasteiger partial charge in [0.25, 0.3) is 0 Å². The topological polar surface area (TPSA) is 21.3 Å². The van der Waals surface area contributed by atoms with E-state index in [0.717, 1.165) is 30.4 Å². The Hall–Kier alpha value is -0.930. The van der Waals surface area contributed by atoms with Gasteiger partial charge in [0.1, 0.15) is 5.82 Å². The molecule has 0 amide bonds. The van der Waals surface area contributed by atoms with Gasteiger partial charge in [-0.2, -0.15) is 0 Å². The molecule has 2 rings (SSSR count). The zero-order valence-corrected chi connectivity index (χ0v) is 10.5. The first-order valence-corrected chi connectivity index (χ1v) is 6.20. The van der Waals surface area contributed by atoms with Gasteiger partial charge in [-0.05, 0) is 32.3 Å². The number of rotatable bonds is 4. The minimum absolute atomic E-state index is 0.121. The molecule has 0 aliphatic heterocycles. The number of ether oxygens (including phenoxy) is 1. The summed E-state index contributed by atoms with van der Waals surface area (Å²) < 4.78 is 18.8. The van der Waals surface area contributed by atoms with Crippen LogP contribution in [0.1, 0.15) is 30.4 Å². The Labute approximate surface area is 102 Å². The van der Waals surface area contributed by atoms with Crippen molar-refractivity contribution in [2.24, 2.45) is 0 Å². The van der Waals surface area contributed by atoms with Gasteiger partial charge in [-0.25, -0.2) is 4.39 Å². The fourth-order valence-corrected chi connectivity index (χ4v) is 2.43. The highest BCUT2D eigenvalue weighted by molar-refractivity contribution is 5.23. The number of hydrogen-bond acceptors (Lipinski definition) is 2. The lowest BCUT2D eigenvalue weighted by Crippen LogP contribution is -2.27. The average Bonchev–Trinajstić information content (AvgIpc) is 2.78. The SMILES string of the molecule is COC1CCC(NCc2cc(C)ccc2F)C1. The number of halogens is 1. The Bertz CT molecular complexity index is 380. The Morgan fingerprint density at radius 3 is 2.94 bits per heavy atom. The second-order valence-electron chi connectivity index (χ2n) is 4.84. The third-order valence-electron chi connectivity index (χ3n) is 3.50. The fourth-order valence-electron chi connectivity index (χ4n) is 2.43. The van der Waals surface area contributed by atoms with Crippen molar-refractivity contribution in [1.82, 2.24) is 5.32 Å². The van der Waals surface area contributed by atoms with Crippen molar-refractivity contribution in [2.45, 2.75) is 44.9 Å². The van der Waals surface area contributed by atoms with Crippen LogP contribution in [0.5, 0.6) is 0 Å². The number of aryl methyl sites for hydroxylation is 1. The second-order valence-corrected chi connectivity index (χ2v) is 4.84. The summed E-state index contributed by atoms with van der Waals surface area (Å²) in [4.78, 5) is 0. The van der Waals surface area contributed by atoms with Gasteiger partial charge in [0.05, 0.1) is 6.10 Å². The van der Waals surface area contributed by atoms with E-state index in [4.69, 9.17) is 4.74 Å². The van der Waals surface area contributed by atoms with Gasteiger partial charge in [0.2, 0.25) is 0 Å².